The molecule has 5 heteroatoms. The Morgan fingerprint density at radius 2 is 2.41 bits per heavy atom. The molecular formula is C12H17ClN2O2. The molecule has 1 aliphatic rings. The smallest absolute Gasteiger partial charge is 0.256 e. The molecule has 0 radical (unpaired) electrons. The van der Waals surface area contributed by atoms with Gasteiger partial charge in [-0.2, -0.15) is 0 Å². The van der Waals surface area contributed by atoms with E-state index in [9.17, 15) is 4.79 Å². The number of amides is 1. The Bertz CT molecular complexity index is 405. The third kappa shape index (κ3) is 2.82. The molecule has 4 nitrogen and oxygen atoms in total. The Labute approximate surface area is 106 Å². The maximum Gasteiger partial charge on any atom is 0.256 e. The van der Waals surface area contributed by atoms with Gasteiger partial charge in [-0.15, -0.1) is 0 Å². The van der Waals surface area contributed by atoms with Crippen molar-refractivity contribution in [1.29, 1.82) is 0 Å². The van der Waals surface area contributed by atoms with E-state index in [-0.39, 0.29) is 17.2 Å². The lowest BCUT2D eigenvalue weighted by molar-refractivity contribution is 0.0896. The number of piperidine rings is 1. The number of nitrogens with zero attached hydrogens (tertiary/aromatic N) is 1. The van der Waals surface area contributed by atoms with Crippen molar-refractivity contribution in [2.24, 2.45) is 0 Å². The van der Waals surface area contributed by atoms with Crippen LogP contribution in [0, 0.1) is 0 Å². The van der Waals surface area contributed by atoms with Gasteiger partial charge in [0.2, 0.25) is 5.22 Å². The molecule has 17 heavy (non-hydrogen) atoms. The average molecular weight is 257 g/mol. The molecule has 1 fully saturated rings. The van der Waals surface area contributed by atoms with Gasteiger partial charge in [-0.3, -0.25) is 4.79 Å². The Morgan fingerprint density at radius 3 is 3.00 bits per heavy atom. The zero-order valence-corrected chi connectivity index (χ0v) is 10.8. The number of nitrogens with one attached hydrogen (secondary N) is 1. The van der Waals surface area contributed by atoms with Crippen LogP contribution >= 0.6 is 11.6 Å². The molecule has 1 N–H and O–H groups in total. The van der Waals surface area contributed by atoms with Gasteiger partial charge < -0.3 is 14.6 Å². The largest absolute Gasteiger partial charge is 0.452 e. The third-order valence-electron chi connectivity index (χ3n) is 3.41. The number of carbonyl (C=O) groups excluding carboxylic acids is 1. The maximum absolute atomic E-state index is 11.9. The second-order valence-corrected chi connectivity index (χ2v) is 4.98. The Kier molecular flexibility index (Phi) is 3.74. The van der Waals surface area contributed by atoms with E-state index in [1.54, 1.807) is 6.07 Å². The summed E-state index contributed by atoms with van der Waals surface area (Å²) in [6, 6.07) is 2.31. The van der Waals surface area contributed by atoms with Crippen LogP contribution in [0.15, 0.2) is 16.7 Å². The van der Waals surface area contributed by atoms with Crippen LogP contribution in [0.5, 0.6) is 0 Å². The SMILES string of the molecule is CC1CC(NC(=O)c2ccoc2Cl)CCN1C. The van der Waals surface area contributed by atoms with Gasteiger partial charge in [0, 0.05) is 18.6 Å². The first-order chi connectivity index (χ1) is 8.08. The molecule has 1 aliphatic heterocycles. The summed E-state index contributed by atoms with van der Waals surface area (Å²) in [6.07, 6.45) is 3.37. The first-order valence-electron chi connectivity index (χ1n) is 5.82. The first kappa shape index (κ1) is 12.5. The quantitative estimate of drug-likeness (QED) is 0.882. The Hall–Kier alpha value is -1.00. The molecule has 2 heterocycles. The molecule has 0 aliphatic carbocycles. The summed E-state index contributed by atoms with van der Waals surface area (Å²) in [4.78, 5) is 14.2. The van der Waals surface area contributed by atoms with Crippen LogP contribution in [0.25, 0.3) is 0 Å². The molecule has 1 saturated heterocycles. The summed E-state index contributed by atoms with van der Waals surface area (Å²) >= 11 is 5.77. The predicted octanol–water partition coefficient (Wildman–Crippen LogP) is 2.15. The summed E-state index contributed by atoms with van der Waals surface area (Å²) in [5, 5.41) is 3.16. The second-order valence-electron chi connectivity index (χ2n) is 4.63. The van der Waals surface area contributed by atoms with Gasteiger partial charge >= 0.3 is 0 Å². The fourth-order valence-corrected chi connectivity index (χ4v) is 2.34. The topological polar surface area (TPSA) is 45.5 Å². The highest BCUT2D eigenvalue weighted by Gasteiger charge is 2.25. The first-order valence-corrected chi connectivity index (χ1v) is 6.20. The van der Waals surface area contributed by atoms with E-state index in [0.717, 1.165) is 19.4 Å². The number of hydrogen-bond acceptors (Lipinski definition) is 3. The Morgan fingerprint density at radius 1 is 1.65 bits per heavy atom. The summed E-state index contributed by atoms with van der Waals surface area (Å²) in [5.74, 6) is -0.148. The van der Waals surface area contributed by atoms with Gasteiger partial charge in [-0.1, -0.05) is 0 Å². The van der Waals surface area contributed by atoms with Crippen molar-refractivity contribution in [3.63, 3.8) is 0 Å². The minimum absolute atomic E-state index is 0.148. The molecule has 94 valence electrons. The van der Waals surface area contributed by atoms with E-state index in [4.69, 9.17) is 16.0 Å². The molecule has 1 amide bonds. The lowest BCUT2D eigenvalue weighted by atomic mass is 9.99. The summed E-state index contributed by atoms with van der Waals surface area (Å²) in [7, 11) is 2.11. The van der Waals surface area contributed by atoms with Crippen molar-refractivity contribution in [3.05, 3.63) is 23.1 Å². The number of carbonyl (C=O) groups is 1. The van der Waals surface area contributed by atoms with E-state index in [0.29, 0.717) is 11.6 Å². The van der Waals surface area contributed by atoms with Crippen LogP contribution in [-0.2, 0) is 0 Å². The molecule has 1 aromatic heterocycles. The molecule has 0 spiro atoms. The van der Waals surface area contributed by atoms with Crippen molar-refractivity contribution < 1.29 is 9.21 Å². The number of halogens is 1. The molecule has 2 atom stereocenters. The summed E-state index contributed by atoms with van der Waals surface area (Å²) in [5.41, 5.74) is 0.415. The number of likely N-dealkylation sites (tertiary alicyclic amines) is 1. The van der Waals surface area contributed by atoms with Crippen molar-refractivity contribution in [1.82, 2.24) is 10.2 Å². The third-order valence-corrected chi connectivity index (χ3v) is 3.70. The maximum atomic E-state index is 11.9. The molecular weight excluding hydrogens is 240 g/mol. The minimum Gasteiger partial charge on any atom is -0.452 e. The highest BCUT2D eigenvalue weighted by atomic mass is 35.5. The molecule has 2 unspecified atom stereocenters. The Balaban J connectivity index is 1.94. The molecule has 0 saturated carbocycles. The monoisotopic (exact) mass is 256 g/mol. The summed E-state index contributed by atoms with van der Waals surface area (Å²) < 4.78 is 4.91. The van der Waals surface area contributed by atoms with Crippen LogP contribution in [0.4, 0.5) is 0 Å². The van der Waals surface area contributed by atoms with Gasteiger partial charge in [0.05, 0.1) is 11.8 Å². The lowest BCUT2D eigenvalue weighted by Crippen LogP contribution is -2.47. The number of rotatable bonds is 2. The van der Waals surface area contributed by atoms with E-state index < -0.39 is 0 Å². The van der Waals surface area contributed by atoms with Crippen molar-refractivity contribution in [3.8, 4) is 0 Å². The lowest BCUT2D eigenvalue weighted by Gasteiger charge is -2.35. The predicted molar refractivity (Wildman–Crippen MR) is 66.3 cm³/mol. The van der Waals surface area contributed by atoms with Crippen molar-refractivity contribution in [2.45, 2.75) is 31.8 Å². The molecule has 2 rings (SSSR count). The minimum atomic E-state index is -0.148. The van der Waals surface area contributed by atoms with Crippen molar-refractivity contribution >= 4 is 17.5 Å². The van der Waals surface area contributed by atoms with Gasteiger partial charge in [0.25, 0.3) is 5.91 Å². The van der Waals surface area contributed by atoms with E-state index in [1.165, 1.54) is 6.26 Å². The normalized spacial score (nSPS) is 25.8. The van der Waals surface area contributed by atoms with Crippen LogP contribution in [0.2, 0.25) is 5.22 Å². The fourth-order valence-electron chi connectivity index (χ4n) is 2.14. The second kappa shape index (κ2) is 5.10. The zero-order chi connectivity index (χ0) is 12.4. The average Bonchev–Trinajstić information content (AvgIpc) is 2.70. The van der Waals surface area contributed by atoms with Crippen molar-refractivity contribution in [2.75, 3.05) is 13.6 Å². The fraction of sp³-hybridized carbons (Fsp3) is 0.583. The van der Waals surface area contributed by atoms with E-state index in [1.807, 2.05) is 0 Å². The van der Waals surface area contributed by atoms with Gasteiger partial charge in [0.15, 0.2) is 0 Å². The van der Waals surface area contributed by atoms with Crippen LogP contribution < -0.4 is 5.32 Å². The van der Waals surface area contributed by atoms with E-state index in [2.05, 4.69) is 24.2 Å². The molecule has 0 bridgehead atoms. The van der Waals surface area contributed by atoms with Gasteiger partial charge in [0.1, 0.15) is 0 Å². The highest BCUT2D eigenvalue weighted by Crippen LogP contribution is 2.19. The van der Waals surface area contributed by atoms with Crippen LogP contribution in [-0.4, -0.2) is 36.5 Å². The summed E-state index contributed by atoms with van der Waals surface area (Å²) in [6.45, 7) is 3.17. The van der Waals surface area contributed by atoms with Crippen LogP contribution in [0.3, 0.4) is 0 Å². The molecule has 1 aromatic rings. The standard InChI is InChI=1S/C12H17ClN2O2/c1-8-7-9(3-5-15(8)2)14-12(16)10-4-6-17-11(10)13/h4,6,8-9H,3,5,7H2,1-2H3,(H,14,16). The van der Waals surface area contributed by atoms with Gasteiger partial charge in [-0.05, 0) is 44.5 Å². The van der Waals surface area contributed by atoms with E-state index >= 15 is 0 Å². The molecule has 0 aromatic carbocycles. The van der Waals surface area contributed by atoms with Gasteiger partial charge in [-0.25, -0.2) is 0 Å². The zero-order valence-electron chi connectivity index (χ0n) is 10.1. The number of furan rings is 1. The number of hydrogen-bond donors (Lipinski definition) is 1. The van der Waals surface area contributed by atoms with Crippen LogP contribution in [0.1, 0.15) is 30.1 Å². The highest BCUT2D eigenvalue weighted by molar-refractivity contribution is 6.32.